The minimum Gasteiger partial charge on any atom is -0.378 e. The number of carbonyl (C=O) groups is 1. The lowest BCUT2D eigenvalue weighted by molar-refractivity contribution is -0.121. The highest BCUT2D eigenvalue weighted by molar-refractivity contribution is 5.80. The van der Waals surface area contributed by atoms with Crippen molar-refractivity contribution in [3.63, 3.8) is 0 Å². The van der Waals surface area contributed by atoms with Gasteiger partial charge in [0.15, 0.2) is 5.96 Å². The first-order chi connectivity index (χ1) is 15.7. The van der Waals surface area contributed by atoms with Gasteiger partial charge < -0.3 is 20.3 Å². The second kappa shape index (κ2) is 13.4. The monoisotopic (exact) mass is 443 g/mol. The topological polar surface area (TPSA) is 69.2 Å². The van der Waals surface area contributed by atoms with Crippen LogP contribution in [0, 0.1) is 5.92 Å². The van der Waals surface area contributed by atoms with Gasteiger partial charge in [-0.2, -0.15) is 0 Å². The normalized spacial score (nSPS) is 19.2. The molecule has 2 aliphatic heterocycles. The standard InChI is InChI=1S/C25H41N5O2/c1-26-24(31)19-21-9-16-30(17-10-21)25(27-2)28-13-6-18-32-23-11-14-29(15-12-23)20-22-7-4-3-5-8-22/h3-5,7-8,21,23H,6,9-20H2,1-2H3,(H,26,31)(H,27,28). The van der Waals surface area contributed by atoms with Gasteiger partial charge in [0, 0.05) is 66.4 Å². The van der Waals surface area contributed by atoms with Crippen molar-refractivity contribution in [3.05, 3.63) is 35.9 Å². The maximum absolute atomic E-state index is 11.6. The number of hydrogen-bond acceptors (Lipinski definition) is 4. The molecule has 1 amide bonds. The Morgan fingerprint density at radius 2 is 1.81 bits per heavy atom. The average molecular weight is 444 g/mol. The van der Waals surface area contributed by atoms with Gasteiger partial charge in [-0.25, -0.2) is 0 Å². The molecule has 0 spiro atoms. The third-order valence-corrected chi connectivity index (χ3v) is 6.62. The van der Waals surface area contributed by atoms with Crippen molar-refractivity contribution in [1.82, 2.24) is 20.4 Å². The van der Waals surface area contributed by atoms with Crippen LogP contribution in [-0.4, -0.2) is 81.2 Å². The van der Waals surface area contributed by atoms with E-state index in [1.807, 2.05) is 7.05 Å². The van der Waals surface area contributed by atoms with Crippen LogP contribution >= 0.6 is 0 Å². The maximum atomic E-state index is 11.6. The minimum absolute atomic E-state index is 0.146. The Bertz CT molecular complexity index is 696. The van der Waals surface area contributed by atoms with Crippen LogP contribution < -0.4 is 10.6 Å². The fourth-order valence-corrected chi connectivity index (χ4v) is 4.64. The third-order valence-electron chi connectivity index (χ3n) is 6.62. The number of rotatable bonds is 9. The van der Waals surface area contributed by atoms with E-state index in [-0.39, 0.29) is 5.91 Å². The fraction of sp³-hybridized carbons (Fsp3) is 0.680. The van der Waals surface area contributed by atoms with Crippen LogP contribution in [0.4, 0.5) is 0 Å². The third kappa shape index (κ3) is 8.10. The van der Waals surface area contributed by atoms with Crippen molar-refractivity contribution in [1.29, 1.82) is 0 Å². The molecule has 3 rings (SSSR count). The van der Waals surface area contributed by atoms with Gasteiger partial charge in [-0.05, 0) is 43.6 Å². The number of carbonyl (C=O) groups excluding carboxylic acids is 1. The molecule has 2 heterocycles. The number of amides is 1. The number of hydrogen-bond donors (Lipinski definition) is 2. The van der Waals surface area contributed by atoms with E-state index in [2.05, 4.69) is 55.8 Å². The van der Waals surface area contributed by atoms with Gasteiger partial charge in [0.25, 0.3) is 0 Å². The highest BCUT2D eigenvalue weighted by atomic mass is 16.5. The second-order valence-corrected chi connectivity index (χ2v) is 8.97. The van der Waals surface area contributed by atoms with Crippen molar-refractivity contribution in [2.24, 2.45) is 10.9 Å². The summed E-state index contributed by atoms with van der Waals surface area (Å²) in [6, 6.07) is 10.7. The highest BCUT2D eigenvalue weighted by Crippen LogP contribution is 2.20. The molecule has 0 aliphatic carbocycles. The number of piperidine rings is 2. The molecule has 32 heavy (non-hydrogen) atoms. The number of ether oxygens (including phenoxy) is 1. The molecule has 7 heteroatoms. The van der Waals surface area contributed by atoms with Crippen LogP contribution in [0.5, 0.6) is 0 Å². The van der Waals surface area contributed by atoms with Crippen LogP contribution in [0.3, 0.4) is 0 Å². The van der Waals surface area contributed by atoms with Gasteiger partial charge in [-0.3, -0.25) is 14.7 Å². The summed E-state index contributed by atoms with van der Waals surface area (Å²) in [5.74, 6) is 1.60. The summed E-state index contributed by atoms with van der Waals surface area (Å²) in [7, 11) is 3.56. The molecular weight excluding hydrogens is 402 g/mol. The van der Waals surface area contributed by atoms with Crippen LogP contribution in [0.1, 0.15) is 44.1 Å². The molecule has 2 fully saturated rings. The van der Waals surface area contributed by atoms with Crippen LogP contribution in [0.2, 0.25) is 0 Å². The summed E-state index contributed by atoms with van der Waals surface area (Å²) in [5.41, 5.74) is 1.39. The summed E-state index contributed by atoms with van der Waals surface area (Å²) in [6.07, 6.45) is 6.33. The summed E-state index contributed by atoms with van der Waals surface area (Å²) < 4.78 is 6.15. The summed E-state index contributed by atoms with van der Waals surface area (Å²) in [4.78, 5) is 20.9. The first kappa shape index (κ1) is 24.5. The predicted octanol–water partition coefficient (Wildman–Crippen LogP) is 2.48. The van der Waals surface area contributed by atoms with Gasteiger partial charge in [0.2, 0.25) is 5.91 Å². The lowest BCUT2D eigenvalue weighted by Gasteiger charge is -2.34. The number of nitrogens with one attached hydrogen (secondary N) is 2. The number of nitrogens with zero attached hydrogens (tertiary/aromatic N) is 3. The molecule has 0 unspecified atom stereocenters. The molecule has 178 valence electrons. The number of aliphatic imine (C=N–C) groups is 1. The quantitative estimate of drug-likeness (QED) is 0.349. The molecule has 2 N–H and O–H groups in total. The van der Waals surface area contributed by atoms with Crippen molar-refractivity contribution in [2.75, 3.05) is 53.4 Å². The Balaban J connectivity index is 1.24. The Labute approximate surface area is 193 Å². The molecule has 2 saturated heterocycles. The first-order valence-corrected chi connectivity index (χ1v) is 12.2. The molecule has 1 aromatic carbocycles. The molecule has 1 aromatic rings. The van der Waals surface area contributed by atoms with Crippen molar-refractivity contribution >= 4 is 11.9 Å². The zero-order chi connectivity index (χ0) is 22.6. The fourth-order valence-electron chi connectivity index (χ4n) is 4.64. The molecule has 0 radical (unpaired) electrons. The molecule has 0 bridgehead atoms. The lowest BCUT2D eigenvalue weighted by Crippen LogP contribution is -2.46. The van der Waals surface area contributed by atoms with E-state index in [4.69, 9.17) is 4.74 Å². The van der Waals surface area contributed by atoms with Crippen LogP contribution in [0.15, 0.2) is 35.3 Å². The van der Waals surface area contributed by atoms with Gasteiger partial charge in [-0.1, -0.05) is 30.3 Å². The van der Waals surface area contributed by atoms with E-state index in [9.17, 15) is 4.79 Å². The van der Waals surface area contributed by atoms with Gasteiger partial charge in [0.05, 0.1) is 6.10 Å². The van der Waals surface area contributed by atoms with Crippen molar-refractivity contribution < 1.29 is 9.53 Å². The summed E-state index contributed by atoms with van der Waals surface area (Å²) in [5, 5.41) is 6.22. The van der Waals surface area contributed by atoms with Gasteiger partial charge in [0.1, 0.15) is 0 Å². The molecule has 0 saturated carbocycles. The molecule has 7 nitrogen and oxygen atoms in total. The molecule has 0 atom stereocenters. The van der Waals surface area contributed by atoms with Gasteiger partial charge >= 0.3 is 0 Å². The van der Waals surface area contributed by atoms with Crippen molar-refractivity contribution in [2.45, 2.75) is 51.2 Å². The minimum atomic E-state index is 0.146. The van der Waals surface area contributed by atoms with E-state index < -0.39 is 0 Å². The zero-order valence-electron chi connectivity index (χ0n) is 19.9. The van der Waals surface area contributed by atoms with E-state index in [0.29, 0.717) is 18.4 Å². The van der Waals surface area contributed by atoms with E-state index in [1.165, 1.54) is 5.56 Å². The average Bonchev–Trinajstić information content (AvgIpc) is 2.83. The Morgan fingerprint density at radius 3 is 2.47 bits per heavy atom. The largest absolute Gasteiger partial charge is 0.378 e. The van der Waals surface area contributed by atoms with E-state index in [0.717, 1.165) is 83.9 Å². The Kier molecular flexibility index (Phi) is 10.3. The predicted molar refractivity (Wildman–Crippen MR) is 130 cm³/mol. The molecule has 0 aromatic heterocycles. The van der Waals surface area contributed by atoms with Crippen molar-refractivity contribution in [3.8, 4) is 0 Å². The second-order valence-electron chi connectivity index (χ2n) is 8.97. The van der Waals surface area contributed by atoms with E-state index >= 15 is 0 Å². The smallest absolute Gasteiger partial charge is 0.220 e. The van der Waals surface area contributed by atoms with Gasteiger partial charge in [-0.15, -0.1) is 0 Å². The Hall–Kier alpha value is -2.12. The first-order valence-electron chi connectivity index (χ1n) is 12.2. The van der Waals surface area contributed by atoms with Crippen LogP contribution in [-0.2, 0) is 16.1 Å². The summed E-state index contributed by atoms with van der Waals surface area (Å²) in [6.45, 7) is 6.85. The number of benzene rings is 1. The van der Waals surface area contributed by atoms with E-state index in [1.54, 1.807) is 7.05 Å². The van der Waals surface area contributed by atoms with Crippen LogP contribution in [0.25, 0.3) is 0 Å². The zero-order valence-corrected chi connectivity index (χ0v) is 19.9. The Morgan fingerprint density at radius 1 is 1.09 bits per heavy atom. The molecule has 2 aliphatic rings. The maximum Gasteiger partial charge on any atom is 0.220 e. The number of guanidine groups is 1. The SMILES string of the molecule is CN=C(NCCCOC1CCN(Cc2ccccc2)CC1)N1CCC(CC(=O)NC)CC1. The lowest BCUT2D eigenvalue weighted by atomic mass is 9.93. The highest BCUT2D eigenvalue weighted by Gasteiger charge is 2.23. The summed E-state index contributed by atoms with van der Waals surface area (Å²) >= 11 is 0. The molecular formula is C25H41N5O2. The number of likely N-dealkylation sites (tertiary alicyclic amines) is 2.